The summed E-state index contributed by atoms with van der Waals surface area (Å²) < 4.78 is 1.86. The number of fused-ring (bicyclic) bond motifs is 1. The van der Waals surface area contributed by atoms with Crippen LogP contribution in [0.2, 0.25) is 0 Å². The Morgan fingerprint density at radius 2 is 1.88 bits per heavy atom. The number of nitrogens with zero attached hydrogens (tertiary/aromatic N) is 3. The van der Waals surface area contributed by atoms with Gasteiger partial charge in [0.05, 0.1) is 5.69 Å². The van der Waals surface area contributed by atoms with Crippen LogP contribution in [-0.2, 0) is 11.3 Å². The lowest BCUT2D eigenvalue weighted by Gasteiger charge is -2.11. The molecule has 0 saturated heterocycles. The van der Waals surface area contributed by atoms with Crippen molar-refractivity contribution >= 4 is 34.4 Å². The molecule has 1 aromatic heterocycles. The Kier molecular flexibility index (Phi) is 4.33. The third-order valence-corrected chi connectivity index (χ3v) is 3.86. The van der Waals surface area contributed by atoms with Crippen LogP contribution in [0.3, 0.4) is 0 Å². The SMILES string of the molecule is CN(C)c1ccc(N=Cc2cn(CC(N)=O)c3ccccc23)cc1. The molecule has 5 heteroatoms. The van der Waals surface area contributed by atoms with Crippen LogP contribution in [0.15, 0.2) is 59.7 Å². The first-order chi connectivity index (χ1) is 11.5. The van der Waals surface area contributed by atoms with Crippen molar-refractivity contribution in [3.05, 3.63) is 60.3 Å². The highest BCUT2D eigenvalue weighted by Gasteiger charge is 2.08. The summed E-state index contributed by atoms with van der Waals surface area (Å²) in [6.45, 7) is 0.159. The number of rotatable bonds is 5. The zero-order valence-electron chi connectivity index (χ0n) is 13.8. The second-order valence-corrected chi connectivity index (χ2v) is 5.86. The van der Waals surface area contributed by atoms with Crippen molar-refractivity contribution < 1.29 is 4.79 Å². The fraction of sp³-hybridized carbons (Fsp3) is 0.158. The molecule has 5 nitrogen and oxygen atoms in total. The Bertz CT molecular complexity index is 891. The number of anilines is 1. The van der Waals surface area contributed by atoms with Crippen molar-refractivity contribution in [2.45, 2.75) is 6.54 Å². The number of primary amides is 1. The van der Waals surface area contributed by atoms with Gasteiger partial charge in [-0.15, -0.1) is 0 Å². The molecule has 2 N–H and O–H groups in total. The molecule has 0 aliphatic carbocycles. The van der Waals surface area contributed by atoms with Crippen LogP contribution >= 0.6 is 0 Å². The van der Waals surface area contributed by atoms with Gasteiger partial charge in [0, 0.05) is 48.7 Å². The van der Waals surface area contributed by atoms with Gasteiger partial charge in [0.2, 0.25) is 5.91 Å². The molecule has 1 heterocycles. The van der Waals surface area contributed by atoms with Gasteiger partial charge in [0.15, 0.2) is 0 Å². The van der Waals surface area contributed by atoms with Crippen molar-refractivity contribution in [1.82, 2.24) is 4.57 Å². The van der Waals surface area contributed by atoms with Crippen LogP contribution < -0.4 is 10.6 Å². The minimum Gasteiger partial charge on any atom is -0.378 e. The Hall–Kier alpha value is -3.08. The van der Waals surface area contributed by atoms with Gasteiger partial charge in [-0.25, -0.2) is 0 Å². The Labute approximate surface area is 141 Å². The van der Waals surface area contributed by atoms with Crippen LogP contribution in [0.25, 0.3) is 10.9 Å². The summed E-state index contributed by atoms with van der Waals surface area (Å²) in [7, 11) is 4.01. The van der Waals surface area contributed by atoms with Crippen molar-refractivity contribution in [1.29, 1.82) is 0 Å². The summed E-state index contributed by atoms with van der Waals surface area (Å²) in [5.41, 5.74) is 9.28. The van der Waals surface area contributed by atoms with E-state index in [2.05, 4.69) is 4.99 Å². The molecule has 24 heavy (non-hydrogen) atoms. The van der Waals surface area contributed by atoms with E-state index >= 15 is 0 Å². The molecular weight excluding hydrogens is 300 g/mol. The molecule has 1 amide bonds. The molecule has 0 aliphatic heterocycles. The molecule has 0 bridgehead atoms. The first-order valence-electron chi connectivity index (χ1n) is 7.72. The van der Waals surface area contributed by atoms with Crippen LogP contribution in [0.5, 0.6) is 0 Å². The molecule has 0 aliphatic rings. The van der Waals surface area contributed by atoms with E-state index in [9.17, 15) is 4.79 Å². The van der Waals surface area contributed by atoms with Gasteiger partial charge in [-0.2, -0.15) is 0 Å². The molecule has 122 valence electrons. The number of nitrogens with two attached hydrogens (primary N) is 1. The lowest BCUT2D eigenvalue weighted by molar-refractivity contribution is -0.118. The van der Waals surface area contributed by atoms with Gasteiger partial charge in [0.25, 0.3) is 0 Å². The van der Waals surface area contributed by atoms with Crippen molar-refractivity contribution in [3.63, 3.8) is 0 Å². The topological polar surface area (TPSA) is 63.6 Å². The maximum absolute atomic E-state index is 11.3. The maximum Gasteiger partial charge on any atom is 0.237 e. The maximum atomic E-state index is 11.3. The highest BCUT2D eigenvalue weighted by atomic mass is 16.1. The number of aromatic nitrogens is 1. The van der Waals surface area contributed by atoms with Crippen LogP contribution in [-0.4, -0.2) is 30.8 Å². The molecule has 0 saturated carbocycles. The fourth-order valence-electron chi connectivity index (χ4n) is 2.66. The molecule has 2 aromatic carbocycles. The minimum atomic E-state index is -0.362. The van der Waals surface area contributed by atoms with Crippen LogP contribution in [0, 0.1) is 0 Å². The first kappa shape index (κ1) is 15.8. The molecule has 0 atom stereocenters. The van der Waals surface area contributed by atoms with Gasteiger partial charge < -0.3 is 15.2 Å². The largest absolute Gasteiger partial charge is 0.378 e. The number of hydrogen-bond acceptors (Lipinski definition) is 3. The zero-order valence-corrected chi connectivity index (χ0v) is 13.8. The van der Waals surface area contributed by atoms with E-state index in [1.165, 1.54) is 0 Å². The van der Waals surface area contributed by atoms with E-state index in [1.807, 2.05) is 84.5 Å². The highest BCUT2D eigenvalue weighted by molar-refractivity contribution is 6.00. The highest BCUT2D eigenvalue weighted by Crippen LogP contribution is 2.22. The third-order valence-electron chi connectivity index (χ3n) is 3.86. The van der Waals surface area contributed by atoms with Gasteiger partial charge >= 0.3 is 0 Å². The van der Waals surface area contributed by atoms with E-state index < -0.39 is 0 Å². The fourth-order valence-corrected chi connectivity index (χ4v) is 2.66. The lowest BCUT2D eigenvalue weighted by atomic mass is 10.2. The number of amides is 1. The van der Waals surface area contributed by atoms with Gasteiger partial charge in [-0.3, -0.25) is 9.79 Å². The average Bonchev–Trinajstić information content (AvgIpc) is 2.91. The molecule has 0 unspecified atom stereocenters. The van der Waals surface area contributed by atoms with Gasteiger partial charge in [0.1, 0.15) is 6.54 Å². The molecular formula is C19H20N4O. The molecule has 0 fully saturated rings. The predicted molar refractivity (Wildman–Crippen MR) is 99.2 cm³/mol. The summed E-state index contributed by atoms with van der Waals surface area (Å²) >= 11 is 0. The van der Waals surface area contributed by atoms with Gasteiger partial charge in [-0.05, 0) is 30.3 Å². The van der Waals surface area contributed by atoms with Crippen molar-refractivity contribution in [3.8, 4) is 0 Å². The number of carbonyl (C=O) groups is 1. The Morgan fingerprint density at radius 1 is 1.17 bits per heavy atom. The molecule has 0 radical (unpaired) electrons. The number of hydrogen-bond donors (Lipinski definition) is 1. The minimum absolute atomic E-state index is 0.159. The monoisotopic (exact) mass is 320 g/mol. The standard InChI is InChI=1S/C19H20N4O/c1-22(2)16-9-7-15(8-10-16)21-11-14-12-23(13-19(20)24)18-6-4-3-5-17(14)18/h3-12H,13H2,1-2H3,(H2,20,24). The van der Waals surface area contributed by atoms with E-state index in [4.69, 9.17) is 5.73 Å². The summed E-state index contributed by atoms with van der Waals surface area (Å²) in [4.78, 5) is 17.8. The van der Waals surface area contributed by atoms with E-state index in [0.29, 0.717) is 0 Å². The molecule has 3 aromatic rings. The quantitative estimate of drug-likeness (QED) is 0.735. The predicted octanol–water partition coefficient (Wildman–Crippen LogP) is 2.94. The number of carbonyl (C=O) groups excluding carboxylic acids is 1. The normalized spacial score (nSPS) is 11.2. The van der Waals surface area contributed by atoms with Crippen molar-refractivity contribution in [2.24, 2.45) is 10.7 Å². The number of aliphatic imine (C=N–C) groups is 1. The van der Waals surface area contributed by atoms with Crippen molar-refractivity contribution in [2.75, 3.05) is 19.0 Å². The van der Waals surface area contributed by atoms with E-state index in [-0.39, 0.29) is 12.5 Å². The Balaban J connectivity index is 1.93. The Morgan fingerprint density at radius 3 is 2.54 bits per heavy atom. The second-order valence-electron chi connectivity index (χ2n) is 5.86. The summed E-state index contributed by atoms with van der Waals surface area (Å²) in [6.07, 6.45) is 3.73. The third kappa shape index (κ3) is 3.30. The average molecular weight is 320 g/mol. The van der Waals surface area contributed by atoms with Crippen LogP contribution in [0.1, 0.15) is 5.56 Å². The summed E-state index contributed by atoms with van der Waals surface area (Å²) in [5, 5.41) is 1.05. The van der Waals surface area contributed by atoms with E-state index in [0.717, 1.165) is 27.8 Å². The number of para-hydroxylation sites is 1. The van der Waals surface area contributed by atoms with E-state index in [1.54, 1.807) is 0 Å². The molecule has 3 rings (SSSR count). The summed E-state index contributed by atoms with van der Waals surface area (Å²) in [6, 6.07) is 15.9. The second kappa shape index (κ2) is 6.58. The first-order valence-corrected chi connectivity index (χ1v) is 7.72. The van der Waals surface area contributed by atoms with Crippen LogP contribution in [0.4, 0.5) is 11.4 Å². The van der Waals surface area contributed by atoms with Gasteiger partial charge in [-0.1, -0.05) is 18.2 Å². The number of benzene rings is 2. The zero-order chi connectivity index (χ0) is 17.1. The lowest BCUT2D eigenvalue weighted by Crippen LogP contribution is -2.17. The summed E-state index contributed by atoms with van der Waals surface area (Å²) in [5.74, 6) is -0.362. The smallest absolute Gasteiger partial charge is 0.237 e. The molecule has 0 spiro atoms.